The van der Waals surface area contributed by atoms with Gasteiger partial charge in [-0.15, -0.1) is 0 Å². The Balaban J connectivity index is 1.96. The van der Waals surface area contributed by atoms with Crippen LogP contribution < -0.4 is 5.56 Å². The maximum atomic E-state index is 13.4. The van der Waals surface area contributed by atoms with Gasteiger partial charge in [0.15, 0.2) is 9.03 Å². The number of ether oxygens (including phenoxy) is 1. The first-order chi connectivity index (χ1) is 14.4. The van der Waals surface area contributed by atoms with E-state index in [1.807, 2.05) is 39.0 Å². The standard InChI is InChI=1S/C22H23N2O5P/c1-4-22(3,29-30-27)17-9-19-20-15(8-14-7-13(2)5-6-18(14)23-20)10-24(19)21(26)16(17)11-28-12-25/h5-9,12,27,30H,4,10-11H2,1-3H3/t22-/m0/s1. The quantitative estimate of drug-likeness (QED) is 0.359. The molecule has 1 aliphatic heterocycles. The summed E-state index contributed by atoms with van der Waals surface area (Å²) in [5, 5.41) is 1.03. The monoisotopic (exact) mass is 426 g/mol. The van der Waals surface area contributed by atoms with Crippen molar-refractivity contribution in [3.05, 3.63) is 62.9 Å². The van der Waals surface area contributed by atoms with Gasteiger partial charge in [-0.1, -0.05) is 18.6 Å². The summed E-state index contributed by atoms with van der Waals surface area (Å²) in [5.41, 5.74) is 4.24. The molecule has 1 aromatic carbocycles. The third-order valence-electron chi connectivity index (χ3n) is 5.83. The number of carbonyl (C=O) groups excluding carboxylic acids is 1. The molecule has 0 aliphatic carbocycles. The Kier molecular flexibility index (Phi) is 5.45. The number of aryl methyl sites for hydroxylation is 1. The summed E-state index contributed by atoms with van der Waals surface area (Å²) < 4.78 is 12.2. The lowest BCUT2D eigenvalue weighted by Crippen LogP contribution is -2.32. The number of carbonyl (C=O) groups is 1. The molecule has 0 saturated carbocycles. The van der Waals surface area contributed by atoms with Crippen LogP contribution in [0.5, 0.6) is 0 Å². The highest BCUT2D eigenvalue weighted by Gasteiger charge is 2.34. The first-order valence-corrected chi connectivity index (χ1v) is 10.6. The van der Waals surface area contributed by atoms with Crippen LogP contribution in [0.4, 0.5) is 0 Å². The average Bonchev–Trinajstić information content (AvgIpc) is 3.09. The Morgan fingerprint density at radius 3 is 2.83 bits per heavy atom. The molecule has 0 fully saturated rings. The Bertz CT molecular complexity index is 1210. The normalized spacial score (nSPS) is 14.7. The van der Waals surface area contributed by atoms with Crippen molar-refractivity contribution >= 4 is 26.4 Å². The molecule has 1 unspecified atom stereocenters. The molecule has 156 valence electrons. The molecule has 4 rings (SSSR count). The van der Waals surface area contributed by atoms with E-state index in [4.69, 9.17) is 14.2 Å². The summed E-state index contributed by atoms with van der Waals surface area (Å²) in [6.07, 6.45) is 0.523. The van der Waals surface area contributed by atoms with Gasteiger partial charge in [0.25, 0.3) is 12.0 Å². The van der Waals surface area contributed by atoms with Crippen LogP contribution in [0.15, 0.2) is 35.1 Å². The van der Waals surface area contributed by atoms with E-state index in [1.165, 1.54) is 0 Å². The number of fused-ring (bicyclic) bond motifs is 4. The van der Waals surface area contributed by atoms with Crippen LogP contribution in [0, 0.1) is 6.92 Å². The molecule has 0 spiro atoms. The fraction of sp³-hybridized carbons (Fsp3) is 0.318. The summed E-state index contributed by atoms with van der Waals surface area (Å²) in [6, 6.07) is 10.0. The van der Waals surface area contributed by atoms with Gasteiger partial charge in [-0.3, -0.25) is 9.59 Å². The molecular formula is C22H23N2O5P. The Labute approximate surface area is 175 Å². The van der Waals surface area contributed by atoms with E-state index in [9.17, 15) is 14.5 Å². The van der Waals surface area contributed by atoms with Crippen molar-refractivity contribution in [2.24, 2.45) is 0 Å². The summed E-state index contributed by atoms with van der Waals surface area (Å²) in [4.78, 5) is 38.5. The van der Waals surface area contributed by atoms with Crippen LogP contribution in [0.2, 0.25) is 0 Å². The molecule has 1 N–H and O–H groups in total. The van der Waals surface area contributed by atoms with E-state index in [2.05, 4.69) is 12.1 Å². The minimum absolute atomic E-state index is 0.156. The fourth-order valence-corrected chi connectivity index (χ4v) is 4.50. The predicted molar refractivity (Wildman–Crippen MR) is 115 cm³/mol. The zero-order valence-electron chi connectivity index (χ0n) is 17.1. The largest absolute Gasteiger partial charge is 0.463 e. The zero-order valence-corrected chi connectivity index (χ0v) is 18.1. The number of aromatic nitrogens is 2. The third kappa shape index (κ3) is 3.33. The maximum absolute atomic E-state index is 13.4. The molecule has 1 aliphatic rings. The van der Waals surface area contributed by atoms with Gasteiger partial charge in [0.05, 0.1) is 34.6 Å². The Morgan fingerprint density at radius 1 is 1.33 bits per heavy atom. The van der Waals surface area contributed by atoms with E-state index in [-0.39, 0.29) is 12.2 Å². The number of hydrogen-bond acceptors (Lipinski definition) is 6. The van der Waals surface area contributed by atoms with E-state index in [0.717, 1.165) is 27.7 Å². The molecule has 3 aromatic rings. The van der Waals surface area contributed by atoms with Crippen LogP contribution in [0.25, 0.3) is 22.3 Å². The van der Waals surface area contributed by atoms with Crippen LogP contribution >= 0.6 is 9.03 Å². The van der Waals surface area contributed by atoms with Crippen LogP contribution in [0.3, 0.4) is 0 Å². The van der Waals surface area contributed by atoms with Crippen molar-refractivity contribution in [1.29, 1.82) is 0 Å². The Morgan fingerprint density at radius 2 is 2.13 bits per heavy atom. The van der Waals surface area contributed by atoms with Gasteiger partial charge in [-0.25, -0.2) is 4.98 Å². The van der Waals surface area contributed by atoms with Gasteiger partial charge in [-0.05, 0) is 50.1 Å². The molecule has 2 aromatic heterocycles. The molecule has 7 nitrogen and oxygen atoms in total. The third-order valence-corrected chi connectivity index (χ3v) is 6.37. The number of benzene rings is 1. The molecule has 0 radical (unpaired) electrons. The van der Waals surface area contributed by atoms with E-state index in [0.29, 0.717) is 36.3 Å². The molecular weight excluding hydrogens is 403 g/mol. The van der Waals surface area contributed by atoms with Gasteiger partial charge in [0.2, 0.25) is 0 Å². The van der Waals surface area contributed by atoms with Gasteiger partial charge in [0.1, 0.15) is 6.61 Å². The molecule has 0 saturated heterocycles. The lowest BCUT2D eigenvalue weighted by molar-refractivity contribution is -0.129. The van der Waals surface area contributed by atoms with Crippen LogP contribution in [0.1, 0.15) is 42.5 Å². The summed E-state index contributed by atoms with van der Waals surface area (Å²) in [7, 11) is -0.739. The number of hydrogen-bond donors (Lipinski definition) is 1. The molecule has 3 heterocycles. The SMILES string of the molecule is CC[C@](C)(OPO)c1cc2n(c(=O)c1COC=O)Cc1cc3cc(C)ccc3nc1-2. The number of pyridine rings is 2. The minimum Gasteiger partial charge on any atom is -0.463 e. The fourth-order valence-electron chi connectivity index (χ4n) is 4.04. The highest BCUT2D eigenvalue weighted by atomic mass is 31.1. The van der Waals surface area contributed by atoms with Gasteiger partial charge < -0.3 is 18.7 Å². The van der Waals surface area contributed by atoms with Crippen molar-refractivity contribution in [3.8, 4) is 11.4 Å². The van der Waals surface area contributed by atoms with Crippen LogP contribution in [-0.4, -0.2) is 20.9 Å². The van der Waals surface area contributed by atoms with Gasteiger partial charge >= 0.3 is 0 Å². The topological polar surface area (TPSA) is 90.6 Å². The molecule has 30 heavy (non-hydrogen) atoms. The molecule has 8 heteroatoms. The van der Waals surface area contributed by atoms with E-state index in [1.54, 1.807) is 4.57 Å². The molecule has 0 bridgehead atoms. The number of nitrogens with zero attached hydrogens (tertiary/aromatic N) is 2. The lowest BCUT2D eigenvalue weighted by atomic mass is 9.89. The van der Waals surface area contributed by atoms with Crippen LogP contribution in [-0.2, 0) is 32.8 Å². The molecule has 0 amide bonds. The second-order valence-corrected chi connectivity index (χ2v) is 8.08. The highest BCUT2D eigenvalue weighted by molar-refractivity contribution is 7.25. The summed E-state index contributed by atoms with van der Waals surface area (Å²) in [5.74, 6) is 0. The van der Waals surface area contributed by atoms with Crippen molar-refractivity contribution < 1.29 is 18.9 Å². The number of rotatable bonds is 7. The molecule has 2 atom stereocenters. The van der Waals surface area contributed by atoms with Crippen molar-refractivity contribution in [2.75, 3.05) is 0 Å². The first-order valence-electron chi connectivity index (χ1n) is 9.72. The van der Waals surface area contributed by atoms with E-state index >= 15 is 0 Å². The zero-order chi connectivity index (χ0) is 21.5. The van der Waals surface area contributed by atoms with Crippen molar-refractivity contribution in [1.82, 2.24) is 9.55 Å². The smallest absolute Gasteiger partial charge is 0.293 e. The summed E-state index contributed by atoms with van der Waals surface area (Å²) in [6.45, 7) is 6.34. The second-order valence-electron chi connectivity index (χ2n) is 7.69. The van der Waals surface area contributed by atoms with E-state index < -0.39 is 14.6 Å². The second kappa shape index (κ2) is 7.91. The first kappa shape index (κ1) is 20.7. The minimum atomic E-state index is -0.903. The van der Waals surface area contributed by atoms with Gasteiger partial charge in [-0.2, -0.15) is 0 Å². The Hall–Kier alpha value is -2.60. The summed E-state index contributed by atoms with van der Waals surface area (Å²) >= 11 is 0. The highest BCUT2D eigenvalue weighted by Crippen LogP contribution is 2.39. The van der Waals surface area contributed by atoms with Crippen molar-refractivity contribution in [2.45, 2.75) is 45.9 Å². The predicted octanol–water partition coefficient (Wildman–Crippen LogP) is 3.55. The van der Waals surface area contributed by atoms with Crippen molar-refractivity contribution in [3.63, 3.8) is 0 Å². The van der Waals surface area contributed by atoms with Gasteiger partial charge in [0, 0.05) is 10.9 Å². The lowest BCUT2D eigenvalue weighted by Gasteiger charge is -2.30. The maximum Gasteiger partial charge on any atom is 0.293 e. The average molecular weight is 426 g/mol.